The van der Waals surface area contributed by atoms with Crippen LogP contribution >= 0.6 is 51.3 Å². The Morgan fingerprint density at radius 2 is 1.90 bits per heavy atom. The first-order valence-corrected chi connectivity index (χ1v) is 11.3. The number of anilines is 1. The zero-order chi connectivity index (χ0) is 22.1. The van der Waals surface area contributed by atoms with Crippen LogP contribution in [0.15, 0.2) is 69.9 Å². The van der Waals surface area contributed by atoms with E-state index in [1.165, 1.54) is 0 Å². The third-order valence-electron chi connectivity index (χ3n) is 4.76. The van der Waals surface area contributed by atoms with Crippen LogP contribution in [0.4, 0.5) is 5.69 Å². The average Bonchev–Trinajstić information content (AvgIpc) is 2.71. The van der Waals surface area contributed by atoms with Crippen molar-refractivity contribution < 1.29 is 0 Å². The molecule has 1 heterocycles. The van der Waals surface area contributed by atoms with Crippen molar-refractivity contribution in [3.63, 3.8) is 0 Å². The van der Waals surface area contributed by atoms with Gasteiger partial charge < -0.3 is 5.32 Å². The Balaban J connectivity index is 1.65. The molecule has 4 rings (SSSR count). The molecule has 0 aliphatic rings. The van der Waals surface area contributed by atoms with Crippen molar-refractivity contribution in [3.8, 4) is 5.69 Å². The molecule has 4 aromatic rings. The lowest BCUT2D eigenvalue weighted by Gasteiger charge is -2.14. The molecule has 0 amide bonds. The van der Waals surface area contributed by atoms with Crippen molar-refractivity contribution >= 4 is 72.9 Å². The van der Waals surface area contributed by atoms with Crippen molar-refractivity contribution in [3.05, 3.63) is 96.9 Å². The molecule has 0 aliphatic carbocycles. The Kier molecular flexibility index (Phi) is 6.44. The van der Waals surface area contributed by atoms with E-state index in [9.17, 15) is 4.79 Å². The molecule has 0 spiro atoms. The smallest absolute Gasteiger partial charge is 0.266 e. The number of hydrogen-bond donors (Lipinski definition) is 1. The maximum absolute atomic E-state index is 13.2. The second kappa shape index (κ2) is 9.09. The number of hydrogen-bond acceptors (Lipinski definition) is 3. The van der Waals surface area contributed by atoms with Gasteiger partial charge in [-0.2, -0.15) is 0 Å². The van der Waals surface area contributed by atoms with Gasteiger partial charge in [-0.25, -0.2) is 4.98 Å². The highest BCUT2D eigenvalue weighted by Gasteiger charge is 2.13. The van der Waals surface area contributed by atoms with Gasteiger partial charge in [-0.1, -0.05) is 53.6 Å². The Hall–Kier alpha value is -2.25. The Morgan fingerprint density at radius 3 is 2.68 bits per heavy atom. The molecule has 0 bridgehead atoms. The molecule has 0 saturated carbocycles. The van der Waals surface area contributed by atoms with Crippen LogP contribution < -0.4 is 10.9 Å². The van der Waals surface area contributed by atoms with Crippen LogP contribution in [0.1, 0.15) is 11.4 Å². The van der Waals surface area contributed by atoms with E-state index >= 15 is 0 Å². The summed E-state index contributed by atoms with van der Waals surface area (Å²) in [6, 6.07) is 18.4. The van der Waals surface area contributed by atoms with Gasteiger partial charge in [0.05, 0.1) is 32.3 Å². The zero-order valence-electron chi connectivity index (χ0n) is 16.3. The van der Waals surface area contributed by atoms with Gasteiger partial charge in [0.25, 0.3) is 5.56 Å². The fraction of sp³-hybridized carbons (Fsp3) is 0.0870. The van der Waals surface area contributed by atoms with E-state index < -0.39 is 0 Å². The molecule has 3 aromatic carbocycles. The molecule has 156 valence electrons. The number of fused-ring (bicyclic) bond motifs is 1. The summed E-state index contributed by atoms with van der Waals surface area (Å²) in [5, 5.41) is 4.81. The minimum atomic E-state index is -0.159. The van der Waals surface area contributed by atoms with Gasteiger partial charge in [0.2, 0.25) is 0 Å². The first kappa shape index (κ1) is 22.0. The molecule has 0 radical (unpaired) electrons. The molecule has 31 heavy (non-hydrogen) atoms. The van der Waals surface area contributed by atoms with Crippen molar-refractivity contribution in [2.24, 2.45) is 0 Å². The van der Waals surface area contributed by atoms with Gasteiger partial charge in [0, 0.05) is 15.9 Å². The Bertz CT molecular complexity index is 1390. The summed E-state index contributed by atoms with van der Waals surface area (Å²) in [7, 11) is 0. The summed E-state index contributed by atoms with van der Waals surface area (Å²) in [5.74, 6) is 0.563. The van der Waals surface area contributed by atoms with Gasteiger partial charge in [-0.05, 0) is 70.9 Å². The molecule has 4 nitrogen and oxygen atoms in total. The number of nitrogens with zero attached hydrogens (tertiary/aromatic N) is 2. The van der Waals surface area contributed by atoms with Crippen LogP contribution in [-0.2, 0) is 6.42 Å². The molecular weight excluding hydrogens is 517 g/mol. The van der Waals surface area contributed by atoms with E-state index in [-0.39, 0.29) is 5.56 Å². The fourth-order valence-electron chi connectivity index (χ4n) is 3.36. The minimum absolute atomic E-state index is 0.159. The maximum Gasteiger partial charge on any atom is 0.266 e. The monoisotopic (exact) mass is 531 g/mol. The van der Waals surface area contributed by atoms with Crippen LogP contribution in [0.3, 0.4) is 0 Å². The molecule has 0 atom stereocenters. The van der Waals surface area contributed by atoms with Gasteiger partial charge in [0.1, 0.15) is 5.82 Å². The summed E-state index contributed by atoms with van der Waals surface area (Å²) >= 11 is 21.2. The van der Waals surface area contributed by atoms with Crippen molar-refractivity contribution in [1.82, 2.24) is 9.55 Å². The highest BCUT2D eigenvalue weighted by atomic mass is 79.9. The molecule has 0 aliphatic heterocycles. The number of thiocarbonyl (C=S) groups is 1. The zero-order valence-corrected chi connectivity index (χ0v) is 20.2. The SMILES string of the molecule is Cc1nc2c(Cl)cccc2c(=O)n1-c1cccc(CC(=S)Nc2ccc(Cl)cc2Br)c1. The summed E-state index contributed by atoms with van der Waals surface area (Å²) in [5.41, 5.74) is 2.89. The van der Waals surface area contributed by atoms with Crippen LogP contribution in [0.5, 0.6) is 0 Å². The third-order valence-corrected chi connectivity index (χ3v) is 6.20. The van der Waals surface area contributed by atoms with Crippen molar-refractivity contribution in [1.29, 1.82) is 0 Å². The van der Waals surface area contributed by atoms with Crippen molar-refractivity contribution in [2.75, 3.05) is 5.32 Å². The molecule has 0 saturated heterocycles. The lowest BCUT2D eigenvalue weighted by atomic mass is 10.1. The number of nitrogens with one attached hydrogen (secondary N) is 1. The Labute approximate surface area is 203 Å². The molecule has 1 aromatic heterocycles. The van der Waals surface area contributed by atoms with E-state index in [0.29, 0.717) is 38.2 Å². The van der Waals surface area contributed by atoms with Crippen LogP contribution in [0.25, 0.3) is 16.6 Å². The lowest BCUT2D eigenvalue weighted by molar-refractivity contribution is 0.893. The fourth-order valence-corrected chi connectivity index (χ4v) is 4.64. The van der Waals surface area contributed by atoms with Crippen LogP contribution in [0, 0.1) is 6.92 Å². The second-order valence-corrected chi connectivity index (χ2v) is 9.15. The molecule has 1 N–H and O–H groups in total. The summed E-state index contributed by atoms with van der Waals surface area (Å²) in [6.45, 7) is 1.79. The number of aryl methyl sites for hydroxylation is 1. The standard InChI is InChI=1S/C23H16BrCl2N3OS/c1-13-27-22-17(6-3-7-19(22)26)23(30)29(13)16-5-2-4-14(10-16)11-21(31)28-20-9-8-15(25)12-18(20)24/h2-10,12H,11H2,1H3,(H,28,31). The number of para-hydroxylation sites is 1. The minimum Gasteiger partial charge on any atom is -0.349 e. The molecule has 8 heteroatoms. The molecular formula is C23H16BrCl2N3OS. The van der Waals surface area contributed by atoms with Crippen LogP contribution in [-0.4, -0.2) is 14.5 Å². The average molecular weight is 533 g/mol. The summed E-state index contributed by atoms with van der Waals surface area (Å²) in [4.78, 5) is 18.4. The normalized spacial score (nSPS) is 11.0. The second-order valence-electron chi connectivity index (χ2n) is 6.95. The largest absolute Gasteiger partial charge is 0.349 e. The predicted molar refractivity (Wildman–Crippen MR) is 136 cm³/mol. The van der Waals surface area contributed by atoms with E-state index in [0.717, 1.165) is 21.4 Å². The Morgan fingerprint density at radius 1 is 1.13 bits per heavy atom. The topological polar surface area (TPSA) is 46.9 Å². The number of benzene rings is 3. The van der Waals surface area contributed by atoms with Crippen molar-refractivity contribution in [2.45, 2.75) is 13.3 Å². The van der Waals surface area contributed by atoms with E-state index in [2.05, 4.69) is 26.2 Å². The van der Waals surface area contributed by atoms with Gasteiger partial charge in [-0.15, -0.1) is 0 Å². The maximum atomic E-state index is 13.2. The third kappa shape index (κ3) is 4.67. The van der Waals surface area contributed by atoms with E-state index in [1.54, 1.807) is 41.8 Å². The van der Waals surface area contributed by atoms with Gasteiger partial charge in [-0.3, -0.25) is 9.36 Å². The quantitative estimate of drug-likeness (QED) is 0.295. The van der Waals surface area contributed by atoms with Gasteiger partial charge in [0.15, 0.2) is 0 Å². The summed E-state index contributed by atoms with van der Waals surface area (Å²) in [6.07, 6.45) is 0.513. The highest BCUT2D eigenvalue weighted by molar-refractivity contribution is 9.10. The number of aromatic nitrogens is 2. The van der Waals surface area contributed by atoms with E-state index in [4.69, 9.17) is 35.4 Å². The number of rotatable bonds is 4. The first-order valence-electron chi connectivity index (χ1n) is 9.35. The molecule has 0 fully saturated rings. The molecule has 0 unspecified atom stereocenters. The lowest BCUT2D eigenvalue weighted by Crippen LogP contribution is -2.22. The van der Waals surface area contributed by atoms with Crippen LogP contribution in [0.2, 0.25) is 10.0 Å². The summed E-state index contributed by atoms with van der Waals surface area (Å²) < 4.78 is 2.42. The first-order chi connectivity index (χ1) is 14.8. The van der Waals surface area contributed by atoms with Gasteiger partial charge >= 0.3 is 0 Å². The van der Waals surface area contributed by atoms with E-state index in [1.807, 2.05) is 30.3 Å². The predicted octanol–water partition coefficient (Wildman–Crippen LogP) is 6.75. The highest BCUT2D eigenvalue weighted by Crippen LogP contribution is 2.26. The number of halogens is 3.